The summed E-state index contributed by atoms with van der Waals surface area (Å²) in [5.41, 5.74) is 17.8. The summed E-state index contributed by atoms with van der Waals surface area (Å²) >= 11 is 0. The number of rotatable bonds is 3. The fraction of sp³-hybridized carbons (Fsp3) is 0.100. The molecule has 2 aromatic carbocycles. The van der Waals surface area contributed by atoms with Gasteiger partial charge in [0.05, 0.1) is 17.1 Å². The minimum absolute atomic E-state index is 0.516. The molecule has 0 unspecified atom stereocenters. The van der Waals surface area contributed by atoms with Gasteiger partial charge in [0, 0.05) is 41.6 Å². The third-order valence-electron chi connectivity index (χ3n) is 4.62. The Morgan fingerprint density at radius 1 is 1.04 bits per heavy atom. The van der Waals surface area contributed by atoms with Gasteiger partial charge in [0.2, 0.25) is 5.95 Å². The zero-order chi connectivity index (χ0) is 18.3. The monoisotopic (exact) mass is 344 g/mol. The Bertz CT molecular complexity index is 1110. The van der Waals surface area contributed by atoms with Crippen molar-refractivity contribution in [1.29, 1.82) is 0 Å². The van der Waals surface area contributed by atoms with Crippen LogP contribution in [0.2, 0.25) is 0 Å². The van der Waals surface area contributed by atoms with E-state index in [1.807, 2.05) is 38.2 Å². The lowest BCUT2D eigenvalue weighted by Crippen LogP contribution is -2.03. The molecule has 0 amide bonds. The Balaban J connectivity index is 1.75. The summed E-state index contributed by atoms with van der Waals surface area (Å²) < 4.78 is 2.10. The number of fused-ring (bicyclic) bond motifs is 1. The zero-order valence-corrected chi connectivity index (χ0v) is 14.7. The summed E-state index contributed by atoms with van der Waals surface area (Å²) in [6.07, 6.45) is 3.84. The first kappa shape index (κ1) is 16.0. The van der Waals surface area contributed by atoms with E-state index in [4.69, 9.17) is 11.5 Å². The smallest absolute Gasteiger partial charge is 0.227 e. The van der Waals surface area contributed by atoms with Gasteiger partial charge in [0.1, 0.15) is 0 Å². The van der Waals surface area contributed by atoms with Crippen molar-refractivity contribution in [2.45, 2.75) is 6.92 Å². The van der Waals surface area contributed by atoms with E-state index in [0.29, 0.717) is 17.3 Å². The van der Waals surface area contributed by atoms with Gasteiger partial charge in [-0.1, -0.05) is 18.2 Å². The molecule has 0 saturated carbocycles. The van der Waals surface area contributed by atoms with Gasteiger partial charge in [-0.2, -0.15) is 0 Å². The second kappa shape index (κ2) is 6.07. The Kier molecular flexibility index (Phi) is 3.73. The van der Waals surface area contributed by atoms with E-state index in [9.17, 15) is 0 Å². The molecule has 0 spiro atoms. The maximum atomic E-state index is 6.01. The van der Waals surface area contributed by atoms with Crippen molar-refractivity contribution in [3.63, 3.8) is 0 Å². The first-order chi connectivity index (χ1) is 12.5. The molecule has 0 aliphatic heterocycles. The molecule has 0 saturated heterocycles. The first-order valence-electron chi connectivity index (χ1n) is 8.33. The molecule has 0 aliphatic rings. The Morgan fingerprint density at radius 2 is 1.85 bits per heavy atom. The van der Waals surface area contributed by atoms with Gasteiger partial charge in [0.15, 0.2) is 0 Å². The van der Waals surface area contributed by atoms with Crippen LogP contribution >= 0.6 is 0 Å². The summed E-state index contributed by atoms with van der Waals surface area (Å²) in [7, 11) is 2.03. The average molecular weight is 344 g/mol. The highest BCUT2D eigenvalue weighted by atomic mass is 15.1. The molecule has 0 radical (unpaired) electrons. The third-order valence-corrected chi connectivity index (χ3v) is 4.62. The van der Waals surface area contributed by atoms with E-state index in [1.54, 1.807) is 12.3 Å². The number of hydrogen-bond donors (Lipinski definition) is 3. The van der Waals surface area contributed by atoms with Crippen LogP contribution < -0.4 is 16.8 Å². The van der Waals surface area contributed by atoms with Gasteiger partial charge < -0.3 is 21.4 Å². The maximum Gasteiger partial charge on any atom is 0.227 e. The van der Waals surface area contributed by atoms with Gasteiger partial charge in [-0.25, -0.2) is 9.97 Å². The number of benzene rings is 2. The summed E-state index contributed by atoms with van der Waals surface area (Å²) in [4.78, 5) is 9.03. The predicted octanol–water partition coefficient (Wildman–Crippen LogP) is 3.85. The molecular formula is C20H20N6. The lowest BCUT2D eigenvalue weighted by molar-refractivity contribution is 0.969. The van der Waals surface area contributed by atoms with Crippen LogP contribution in [0.3, 0.4) is 0 Å². The molecule has 5 N–H and O–H groups in total. The van der Waals surface area contributed by atoms with Crippen molar-refractivity contribution in [3.8, 4) is 11.3 Å². The first-order valence-corrected chi connectivity index (χ1v) is 8.33. The Morgan fingerprint density at radius 3 is 2.69 bits per heavy atom. The van der Waals surface area contributed by atoms with Crippen molar-refractivity contribution in [2.75, 3.05) is 16.8 Å². The minimum atomic E-state index is 0.516. The number of hydrogen-bond acceptors (Lipinski definition) is 5. The number of aryl methyl sites for hydroxylation is 1. The molecular weight excluding hydrogens is 324 g/mol. The van der Waals surface area contributed by atoms with Crippen LogP contribution in [-0.4, -0.2) is 14.5 Å². The standard InChI is InChI=1S/C20H20N6/c1-12-16(8-7-15(21)19(12)22)24-20-23-10-9-17(25-20)14-11-26(2)18-6-4-3-5-13(14)18/h3-11H,21-22H2,1-2H3,(H,23,24,25). The Hall–Kier alpha value is -3.54. The molecule has 4 rings (SSSR count). The van der Waals surface area contributed by atoms with E-state index in [1.165, 1.54) is 0 Å². The largest absolute Gasteiger partial charge is 0.397 e. The summed E-state index contributed by atoms with van der Waals surface area (Å²) in [5.74, 6) is 0.516. The van der Waals surface area contributed by atoms with Gasteiger partial charge in [-0.05, 0) is 36.8 Å². The van der Waals surface area contributed by atoms with E-state index < -0.39 is 0 Å². The van der Waals surface area contributed by atoms with Crippen LogP contribution in [0, 0.1) is 6.92 Å². The van der Waals surface area contributed by atoms with E-state index in [0.717, 1.165) is 33.4 Å². The molecule has 130 valence electrons. The molecule has 0 bridgehead atoms. The number of nitrogens with one attached hydrogen (secondary N) is 1. The summed E-state index contributed by atoms with van der Waals surface area (Å²) in [6.45, 7) is 1.92. The van der Waals surface area contributed by atoms with Crippen LogP contribution in [0.4, 0.5) is 23.0 Å². The quantitative estimate of drug-likeness (QED) is 0.491. The molecule has 0 fully saturated rings. The highest BCUT2D eigenvalue weighted by Gasteiger charge is 2.11. The number of para-hydroxylation sites is 1. The van der Waals surface area contributed by atoms with Crippen LogP contribution in [0.25, 0.3) is 22.2 Å². The van der Waals surface area contributed by atoms with Crippen LogP contribution in [0.15, 0.2) is 54.9 Å². The summed E-state index contributed by atoms with van der Waals surface area (Å²) in [5, 5.41) is 4.40. The highest BCUT2D eigenvalue weighted by Crippen LogP contribution is 2.31. The number of nitrogens with zero attached hydrogens (tertiary/aromatic N) is 3. The van der Waals surface area contributed by atoms with Crippen LogP contribution in [0.1, 0.15) is 5.56 Å². The molecule has 0 aliphatic carbocycles. The van der Waals surface area contributed by atoms with Gasteiger partial charge in [-0.3, -0.25) is 0 Å². The van der Waals surface area contributed by atoms with Crippen molar-refractivity contribution in [1.82, 2.24) is 14.5 Å². The van der Waals surface area contributed by atoms with E-state index in [-0.39, 0.29) is 0 Å². The fourth-order valence-corrected chi connectivity index (χ4v) is 3.12. The maximum absolute atomic E-state index is 6.01. The molecule has 2 heterocycles. The van der Waals surface area contributed by atoms with Gasteiger partial charge >= 0.3 is 0 Å². The van der Waals surface area contributed by atoms with Crippen molar-refractivity contribution in [3.05, 3.63) is 60.4 Å². The van der Waals surface area contributed by atoms with E-state index in [2.05, 4.69) is 38.2 Å². The second-order valence-corrected chi connectivity index (χ2v) is 6.30. The van der Waals surface area contributed by atoms with Crippen molar-refractivity contribution >= 4 is 33.9 Å². The van der Waals surface area contributed by atoms with Gasteiger partial charge in [0.25, 0.3) is 0 Å². The lowest BCUT2D eigenvalue weighted by Gasteiger charge is -2.12. The third kappa shape index (κ3) is 2.61. The van der Waals surface area contributed by atoms with Crippen molar-refractivity contribution < 1.29 is 0 Å². The van der Waals surface area contributed by atoms with Crippen LogP contribution in [-0.2, 0) is 7.05 Å². The number of nitrogens with two attached hydrogens (primary N) is 2. The molecule has 4 aromatic rings. The molecule has 6 heteroatoms. The SMILES string of the molecule is Cc1c(Nc2nccc(-c3cn(C)c4ccccc34)n2)ccc(N)c1N. The topological polar surface area (TPSA) is 94.8 Å². The minimum Gasteiger partial charge on any atom is -0.397 e. The Labute approximate surface area is 151 Å². The van der Waals surface area contributed by atoms with E-state index >= 15 is 0 Å². The predicted molar refractivity (Wildman–Crippen MR) is 107 cm³/mol. The zero-order valence-electron chi connectivity index (χ0n) is 14.7. The normalized spacial score (nSPS) is 11.0. The number of nitrogen functional groups attached to an aromatic ring is 2. The van der Waals surface area contributed by atoms with Crippen molar-refractivity contribution in [2.24, 2.45) is 7.05 Å². The van der Waals surface area contributed by atoms with Gasteiger partial charge in [-0.15, -0.1) is 0 Å². The lowest BCUT2D eigenvalue weighted by atomic mass is 10.1. The second-order valence-electron chi connectivity index (χ2n) is 6.30. The average Bonchev–Trinajstić information content (AvgIpc) is 3.00. The molecule has 26 heavy (non-hydrogen) atoms. The summed E-state index contributed by atoms with van der Waals surface area (Å²) in [6, 6.07) is 13.8. The molecule has 6 nitrogen and oxygen atoms in total. The highest BCUT2D eigenvalue weighted by molar-refractivity contribution is 5.95. The molecule has 2 aromatic heterocycles. The number of anilines is 4. The molecule has 0 atom stereocenters. The fourth-order valence-electron chi connectivity index (χ4n) is 3.12. The number of aromatic nitrogens is 3. The van der Waals surface area contributed by atoms with Crippen LogP contribution in [0.5, 0.6) is 0 Å².